The van der Waals surface area contributed by atoms with E-state index in [-0.39, 0.29) is 11.7 Å². The minimum absolute atomic E-state index is 0.0559. The SMILES string of the molecule is CC(=O)c1c[nH]c(C(=O)NCc2ccc(CN3CCCCC3)cc2)c1. The summed E-state index contributed by atoms with van der Waals surface area (Å²) in [5.74, 6) is -0.260. The van der Waals surface area contributed by atoms with E-state index in [0.29, 0.717) is 17.8 Å². The fourth-order valence-corrected chi connectivity index (χ4v) is 3.14. The second-order valence-electron chi connectivity index (χ2n) is 6.69. The van der Waals surface area contributed by atoms with Crippen molar-refractivity contribution in [3.05, 3.63) is 58.9 Å². The molecule has 0 saturated carbocycles. The van der Waals surface area contributed by atoms with E-state index >= 15 is 0 Å². The first-order valence-corrected chi connectivity index (χ1v) is 8.89. The summed E-state index contributed by atoms with van der Waals surface area (Å²) >= 11 is 0. The highest BCUT2D eigenvalue weighted by Crippen LogP contribution is 2.13. The normalized spacial score (nSPS) is 15.1. The number of aromatic nitrogens is 1. The fraction of sp³-hybridized carbons (Fsp3) is 0.400. The molecule has 1 aromatic carbocycles. The van der Waals surface area contributed by atoms with Gasteiger partial charge in [0.25, 0.3) is 5.91 Å². The largest absolute Gasteiger partial charge is 0.356 e. The summed E-state index contributed by atoms with van der Waals surface area (Å²) in [6.07, 6.45) is 5.51. The van der Waals surface area contributed by atoms with Crippen LogP contribution in [0.2, 0.25) is 0 Å². The lowest BCUT2D eigenvalue weighted by molar-refractivity contribution is 0.0946. The van der Waals surface area contributed by atoms with Gasteiger partial charge in [0.05, 0.1) is 0 Å². The van der Waals surface area contributed by atoms with Crippen LogP contribution in [0.3, 0.4) is 0 Å². The van der Waals surface area contributed by atoms with Gasteiger partial charge < -0.3 is 10.3 Å². The predicted molar refractivity (Wildman–Crippen MR) is 97.5 cm³/mol. The number of benzene rings is 1. The number of nitrogens with zero attached hydrogens (tertiary/aromatic N) is 1. The van der Waals surface area contributed by atoms with Crippen molar-refractivity contribution >= 4 is 11.7 Å². The molecule has 0 spiro atoms. The second-order valence-corrected chi connectivity index (χ2v) is 6.69. The van der Waals surface area contributed by atoms with Crippen LogP contribution in [0.5, 0.6) is 0 Å². The number of piperidine rings is 1. The van der Waals surface area contributed by atoms with Crippen molar-refractivity contribution in [2.45, 2.75) is 39.3 Å². The van der Waals surface area contributed by atoms with Gasteiger partial charge in [-0.05, 0) is 50.0 Å². The lowest BCUT2D eigenvalue weighted by atomic mass is 10.1. The summed E-state index contributed by atoms with van der Waals surface area (Å²) in [6, 6.07) is 9.99. The number of carbonyl (C=O) groups excluding carboxylic acids is 2. The lowest BCUT2D eigenvalue weighted by Crippen LogP contribution is -2.29. The van der Waals surface area contributed by atoms with Crippen LogP contribution in [0.25, 0.3) is 0 Å². The Balaban J connectivity index is 1.50. The van der Waals surface area contributed by atoms with Gasteiger partial charge in [0.1, 0.15) is 5.69 Å². The summed E-state index contributed by atoms with van der Waals surface area (Å²) in [5, 5.41) is 2.88. The molecule has 2 heterocycles. The zero-order chi connectivity index (χ0) is 17.6. The molecule has 1 aliphatic heterocycles. The van der Waals surface area contributed by atoms with Crippen LogP contribution in [-0.4, -0.2) is 34.7 Å². The molecule has 0 aliphatic carbocycles. The van der Waals surface area contributed by atoms with E-state index in [1.807, 2.05) is 0 Å². The highest BCUT2D eigenvalue weighted by atomic mass is 16.2. The van der Waals surface area contributed by atoms with E-state index in [1.54, 1.807) is 12.3 Å². The molecule has 0 unspecified atom stereocenters. The van der Waals surface area contributed by atoms with E-state index in [1.165, 1.54) is 44.8 Å². The minimum atomic E-state index is -0.204. The molecule has 0 bridgehead atoms. The number of ketones is 1. The zero-order valence-electron chi connectivity index (χ0n) is 14.7. The molecule has 1 aromatic heterocycles. The molecule has 0 atom stereocenters. The molecule has 132 valence electrons. The Kier molecular flexibility index (Phi) is 5.66. The zero-order valence-corrected chi connectivity index (χ0v) is 14.7. The number of aromatic amines is 1. The van der Waals surface area contributed by atoms with Crippen molar-refractivity contribution in [1.29, 1.82) is 0 Å². The number of nitrogens with one attached hydrogen (secondary N) is 2. The third kappa shape index (κ3) is 4.79. The van der Waals surface area contributed by atoms with Crippen LogP contribution in [0, 0.1) is 0 Å². The highest BCUT2D eigenvalue weighted by Gasteiger charge is 2.11. The smallest absolute Gasteiger partial charge is 0.267 e. The van der Waals surface area contributed by atoms with E-state index < -0.39 is 0 Å². The summed E-state index contributed by atoms with van der Waals surface area (Å²) in [7, 11) is 0. The van der Waals surface area contributed by atoms with Gasteiger partial charge in [-0.25, -0.2) is 0 Å². The molecule has 3 rings (SSSR count). The number of H-pyrrole nitrogens is 1. The van der Waals surface area contributed by atoms with Crippen molar-refractivity contribution < 1.29 is 9.59 Å². The fourth-order valence-electron chi connectivity index (χ4n) is 3.14. The average Bonchev–Trinajstić information content (AvgIpc) is 3.12. The van der Waals surface area contributed by atoms with Gasteiger partial charge >= 0.3 is 0 Å². The number of hydrogen-bond acceptors (Lipinski definition) is 3. The average molecular weight is 339 g/mol. The maximum Gasteiger partial charge on any atom is 0.267 e. The Bertz CT molecular complexity index is 728. The standard InChI is InChI=1S/C20H25N3O2/c1-15(24)18-11-19(21-13-18)20(25)22-12-16-5-7-17(8-6-16)14-23-9-3-2-4-10-23/h5-8,11,13,21H,2-4,9-10,12,14H2,1H3,(H,22,25). The van der Waals surface area contributed by atoms with E-state index in [0.717, 1.165) is 12.1 Å². The first-order chi connectivity index (χ1) is 12.1. The molecule has 1 fully saturated rings. The van der Waals surface area contributed by atoms with Gasteiger partial charge in [0, 0.05) is 24.8 Å². The quantitative estimate of drug-likeness (QED) is 0.795. The molecular weight excluding hydrogens is 314 g/mol. The molecule has 5 nitrogen and oxygen atoms in total. The molecular formula is C20H25N3O2. The summed E-state index contributed by atoms with van der Waals surface area (Å²) in [6.45, 7) is 5.34. The summed E-state index contributed by atoms with van der Waals surface area (Å²) < 4.78 is 0. The summed E-state index contributed by atoms with van der Waals surface area (Å²) in [5.41, 5.74) is 3.31. The molecule has 25 heavy (non-hydrogen) atoms. The molecule has 5 heteroatoms. The molecule has 0 radical (unpaired) electrons. The lowest BCUT2D eigenvalue weighted by Gasteiger charge is -2.26. The van der Waals surface area contributed by atoms with Gasteiger partial charge in [-0.1, -0.05) is 30.7 Å². The van der Waals surface area contributed by atoms with Crippen molar-refractivity contribution in [3.63, 3.8) is 0 Å². The van der Waals surface area contributed by atoms with Crippen molar-refractivity contribution in [3.8, 4) is 0 Å². The van der Waals surface area contributed by atoms with Crippen molar-refractivity contribution in [2.24, 2.45) is 0 Å². The third-order valence-corrected chi connectivity index (χ3v) is 4.67. The third-order valence-electron chi connectivity index (χ3n) is 4.67. The molecule has 1 saturated heterocycles. The van der Waals surface area contributed by atoms with E-state index in [2.05, 4.69) is 39.5 Å². The van der Waals surface area contributed by atoms with Crippen LogP contribution >= 0.6 is 0 Å². The highest BCUT2D eigenvalue weighted by molar-refractivity contribution is 5.99. The topological polar surface area (TPSA) is 65.2 Å². The second kappa shape index (κ2) is 8.12. The minimum Gasteiger partial charge on any atom is -0.356 e. The molecule has 2 aromatic rings. The van der Waals surface area contributed by atoms with Crippen LogP contribution in [0.15, 0.2) is 36.5 Å². The predicted octanol–water partition coefficient (Wildman–Crippen LogP) is 3.13. The van der Waals surface area contributed by atoms with Crippen molar-refractivity contribution in [2.75, 3.05) is 13.1 Å². The number of carbonyl (C=O) groups is 2. The van der Waals surface area contributed by atoms with E-state index in [9.17, 15) is 9.59 Å². The van der Waals surface area contributed by atoms with Gasteiger partial charge in [-0.15, -0.1) is 0 Å². The van der Waals surface area contributed by atoms with E-state index in [4.69, 9.17) is 0 Å². The van der Waals surface area contributed by atoms with Crippen LogP contribution in [-0.2, 0) is 13.1 Å². The van der Waals surface area contributed by atoms with Gasteiger partial charge in [0.2, 0.25) is 0 Å². The van der Waals surface area contributed by atoms with Crippen LogP contribution < -0.4 is 5.32 Å². The van der Waals surface area contributed by atoms with Crippen LogP contribution in [0.1, 0.15) is 58.2 Å². The maximum absolute atomic E-state index is 12.1. The van der Waals surface area contributed by atoms with Gasteiger partial charge in [-0.2, -0.15) is 0 Å². The Morgan fingerprint density at radius 3 is 2.40 bits per heavy atom. The Morgan fingerprint density at radius 1 is 1.08 bits per heavy atom. The molecule has 1 amide bonds. The number of amides is 1. The maximum atomic E-state index is 12.1. The number of likely N-dealkylation sites (tertiary alicyclic amines) is 1. The first-order valence-electron chi connectivity index (χ1n) is 8.89. The first kappa shape index (κ1) is 17.4. The number of Topliss-reactive ketones (excluding diaryl/α,β-unsaturated/α-hetero) is 1. The Hall–Kier alpha value is -2.40. The number of hydrogen-bond donors (Lipinski definition) is 2. The Labute approximate surface area is 148 Å². The molecule has 2 N–H and O–H groups in total. The number of rotatable bonds is 6. The van der Waals surface area contributed by atoms with Gasteiger partial charge in [-0.3, -0.25) is 14.5 Å². The van der Waals surface area contributed by atoms with Crippen LogP contribution in [0.4, 0.5) is 0 Å². The van der Waals surface area contributed by atoms with Gasteiger partial charge in [0.15, 0.2) is 5.78 Å². The Morgan fingerprint density at radius 2 is 1.76 bits per heavy atom. The monoisotopic (exact) mass is 339 g/mol. The van der Waals surface area contributed by atoms with Crippen molar-refractivity contribution in [1.82, 2.24) is 15.2 Å². The molecule has 1 aliphatic rings. The summed E-state index contributed by atoms with van der Waals surface area (Å²) in [4.78, 5) is 28.7.